The average Bonchev–Trinajstić information content (AvgIpc) is 3.28. The molecule has 1 aromatic carbocycles. The smallest absolute Gasteiger partial charge is 0.408 e. The van der Waals surface area contributed by atoms with E-state index in [1.54, 1.807) is 47.6 Å². The number of esters is 1. The Kier molecular flexibility index (Phi) is 11.9. The number of ether oxygens (including phenoxy) is 2. The van der Waals surface area contributed by atoms with Gasteiger partial charge in [-0.3, -0.25) is 9.59 Å². The SMILES string of the molecule is C[C@@H]1C[C@H]2[C@@H]3CCC4=CC(=O)C=C[C@]4(C)[C@@]3(F)[C@@H](O)C[C@]2(C)[C@@]1(O)C(=O)COC(=O)[C@H](Cc1ccc(N(CCCl)CCCl)cc1)NC(=O)OC(C)(C)C. The van der Waals surface area contributed by atoms with E-state index in [0.717, 1.165) is 5.69 Å². The van der Waals surface area contributed by atoms with Gasteiger partial charge in [0, 0.05) is 53.7 Å². The summed E-state index contributed by atoms with van der Waals surface area (Å²) in [6, 6.07) is 6.10. The number of nitrogens with one attached hydrogen (secondary N) is 1. The van der Waals surface area contributed by atoms with Crippen LogP contribution in [-0.4, -0.2) is 94.3 Å². The van der Waals surface area contributed by atoms with Gasteiger partial charge in [0.25, 0.3) is 0 Å². The molecular formula is C40H53Cl2FN2O8. The number of alkyl carbamates (subject to hydrolysis) is 1. The van der Waals surface area contributed by atoms with E-state index in [4.69, 9.17) is 32.7 Å². The number of halogens is 3. The molecule has 4 aliphatic carbocycles. The molecule has 3 saturated carbocycles. The minimum atomic E-state index is -2.12. The molecule has 0 heterocycles. The molecule has 0 aromatic heterocycles. The van der Waals surface area contributed by atoms with Crippen LogP contribution < -0.4 is 10.2 Å². The molecule has 292 valence electrons. The number of fused-ring (bicyclic) bond motifs is 5. The second-order valence-corrected chi connectivity index (χ2v) is 17.4. The van der Waals surface area contributed by atoms with Crippen molar-refractivity contribution in [3.05, 3.63) is 53.6 Å². The van der Waals surface area contributed by atoms with Crippen LogP contribution in [0, 0.1) is 28.6 Å². The molecule has 0 unspecified atom stereocenters. The second-order valence-electron chi connectivity index (χ2n) is 16.6. The van der Waals surface area contributed by atoms with Crippen LogP contribution in [0.2, 0.25) is 0 Å². The number of hydrogen-bond donors (Lipinski definition) is 3. The number of ketones is 2. The molecule has 9 atom stereocenters. The number of carbonyl (C=O) groups is 4. The molecule has 53 heavy (non-hydrogen) atoms. The Hall–Kier alpha value is -2.99. The van der Waals surface area contributed by atoms with Crippen molar-refractivity contribution in [2.24, 2.45) is 28.6 Å². The maximum atomic E-state index is 17.6. The Balaban J connectivity index is 1.34. The van der Waals surface area contributed by atoms with E-state index in [1.807, 2.05) is 29.2 Å². The van der Waals surface area contributed by atoms with E-state index >= 15 is 4.39 Å². The van der Waals surface area contributed by atoms with Crippen LogP contribution in [-0.2, 0) is 30.3 Å². The van der Waals surface area contributed by atoms with E-state index in [1.165, 1.54) is 12.2 Å². The fourth-order valence-corrected chi connectivity index (χ4v) is 10.2. The number of amides is 1. The lowest BCUT2D eigenvalue weighted by Crippen LogP contribution is -2.69. The first-order valence-corrected chi connectivity index (χ1v) is 19.5. The second kappa shape index (κ2) is 15.3. The van der Waals surface area contributed by atoms with Gasteiger partial charge >= 0.3 is 12.1 Å². The standard InChI is InChI=1S/C40H53Cl2FN2O8/c1-24-19-30-29-12-9-26-21-28(46)13-14-37(26,5)39(29,43)32(47)22-38(30,6)40(24,51)33(48)23-52-34(49)31(44-35(50)53-36(2,3)4)20-25-7-10-27(11-8-25)45(17-15-41)18-16-42/h7-8,10-11,13-14,21,24,29-32,47,51H,9,12,15-20,22-23H2,1-6H3,(H,44,50)/t24-,29+,30+,31+,32+,37+,38+,39+,40+/m1/s1. The fraction of sp³-hybridized carbons (Fsp3) is 0.650. The Morgan fingerprint density at radius 1 is 1.09 bits per heavy atom. The Morgan fingerprint density at radius 2 is 1.74 bits per heavy atom. The molecule has 10 nitrogen and oxygen atoms in total. The van der Waals surface area contributed by atoms with Crippen LogP contribution in [0.25, 0.3) is 0 Å². The van der Waals surface area contributed by atoms with Crippen molar-refractivity contribution < 1.29 is 43.3 Å². The lowest BCUT2D eigenvalue weighted by Gasteiger charge is -2.62. The van der Waals surface area contributed by atoms with E-state index in [2.05, 4.69) is 5.32 Å². The molecule has 1 amide bonds. The summed E-state index contributed by atoms with van der Waals surface area (Å²) in [5, 5.41) is 26.6. The van der Waals surface area contributed by atoms with Gasteiger partial charge in [0.2, 0.25) is 5.78 Å². The van der Waals surface area contributed by atoms with E-state index in [0.29, 0.717) is 55.2 Å². The van der Waals surface area contributed by atoms with Gasteiger partial charge in [-0.25, -0.2) is 14.0 Å². The van der Waals surface area contributed by atoms with Crippen molar-refractivity contribution in [2.75, 3.05) is 36.4 Å². The highest BCUT2D eigenvalue weighted by molar-refractivity contribution is 6.18. The summed E-state index contributed by atoms with van der Waals surface area (Å²) in [7, 11) is 0. The quantitative estimate of drug-likeness (QED) is 0.176. The predicted molar refractivity (Wildman–Crippen MR) is 201 cm³/mol. The van der Waals surface area contributed by atoms with Gasteiger partial charge in [0.05, 0.1) is 6.10 Å². The molecule has 0 radical (unpaired) electrons. The molecule has 1 aromatic rings. The molecule has 4 aliphatic rings. The molecule has 0 bridgehead atoms. The van der Waals surface area contributed by atoms with Crippen molar-refractivity contribution in [2.45, 2.75) is 103 Å². The highest BCUT2D eigenvalue weighted by Crippen LogP contribution is 2.70. The van der Waals surface area contributed by atoms with Crippen molar-refractivity contribution >= 4 is 52.5 Å². The lowest BCUT2D eigenvalue weighted by atomic mass is 9.44. The number of anilines is 1. The summed E-state index contributed by atoms with van der Waals surface area (Å²) in [5.41, 5.74) is -5.25. The van der Waals surface area contributed by atoms with Crippen LogP contribution in [0.3, 0.4) is 0 Å². The molecular weight excluding hydrogens is 726 g/mol. The van der Waals surface area contributed by atoms with Gasteiger partial charge < -0.3 is 29.9 Å². The van der Waals surface area contributed by atoms with Gasteiger partial charge in [-0.15, -0.1) is 23.2 Å². The number of carbonyl (C=O) groups excluding carboxylic acids is 4. The summed E-state index contributed by atoms with van der Waals surface area (Å²) in [6.07, 6.45) is 2.90. The van der Waals surface area contributed by atoms with Crippen LogP contribution in [0.4, 0.5) is 14.9 Å². The van der Waals surface area contributed by atoms with Crippen molar-refractivity contribution in [3.8, 4) is 0 Å². The minimum absolute atomic E-state index is 0.0136. The van der Waals surface area contributed by atoms with E-state index in [-0.39, 0.29) is 18.6 Å². The van der Waals surface area contributed by atoms with E-state index in [9.17, 15) is 29.4 Å². The zero-order valence-corrected chi connectivity index (χ0v) is 32.9. The lowest BCUT2D eigenvalue weighted by molar-refractivity contribution is -0.220. The number of allylic oxidation sites excluding steroid dienone is 4. The third-order valence-electron chi connectivity index (χ3n) is 12.4. The zero-order chi connectivity index (χ0) is 39.1. The number of hydrogen-bond acceptors (Lipinski definition) is 9. The first kappa shape index (κ1) is 41.2. The largest absolute Gasteiger partial charge is 0.456 e. The molecule has 13 heteroatoms. The predicted octanol–water partition coefficient (Wildman–Crippen LogP) is 5.87. The third-order valence-corrected chi connectivity index (χ3v) is 12.8. The van der Waals surface area contributed by atoms with Crippen molar-refractivity contribution in [1.29, 1.82) is 0 Å². The van der Waals surface area contributed by atoms with Gasteiger partial charge in [-0.1, -0.05) is 37.6 Å². The minimum Gasteiger partial charge on any atom is -0.456 e. The third kappa shape index (κ3) is 7.40. The molecule has 5 rings (SSSR count). The number of nitrogens with zero attached hydrogens (tertiary/aromatic N) is 1. The first-order chi connectivity index (χ1) is 24.7. The van der Waals surface area contributed by atoms with Gasteiger partial charge in [0.15, 0.2) is 18.1 Å². The van der Waals surface area contributed by atoms with Crippen LogP contribution in [0.15, 0.2) is 48.1 Å². The van der Waals surface area contributed by atoms with Gasteiger partial charge in [-0.05, 0) is 95.1 Å². The Labute approximate surface area is 321 Å². The number of aliphatic hydroxyl groups is 2. The number of benzene rings is 1. The Bertz CT molecular complexity index is 1640. The van der Waals surface area contributed by atoms with Gasteiger partial charge in [0.1, 0.15) is 17.2 Å². The summed E-state index contributed by atoms with van der Waals surface area (Å²) in [4.78, 5) is 54.8. The zero-order valence-electron chi connectivity index (χ0n) is 31.4. The molecule has 0 saturated heterocycles. The highest BCUT2D eigenvalue weighted by atomic mass is 35.5. The number of Topliss-reactive ketones (excluding diaryl/α,β-unsaturated/α-hetero) is 1. The maximum Gasteiger partial charge on any atom is 0.408 e. The summed E-state index contributed by atoms with van der Waals surface area (Å²) >= 11 is 11.9. The molecule has 3 N–H and O–H groups in total. The maximum absolute atomic E-state index is 17.6. The number of aliphatic hydroxyl groups excluding tert-OH is 1. The van der Waals surface area contributed by atoms with Crippen LogP contribution in [0.5, 0.6) is 0 Å². The molecule has 0 spiro atoms. The van der Waals surface area contributed by atoms with Crippen molar-refractivity contribution in [1.82, 2.24) is 5.32 Å². The monoisotopic (exact) mass is 778 g/mol. The average molecular weight is 780 g/mol. The Morgan fingerprint density at radius 3 is 2.34 bits per heavy atom. The summed E-state index contributed by atoms with van der Waals surface area (Å²) in [6.45, 7) is 10.6. The van der Waals surface area contributed by atoms with Crippen molar-refractivity contribution in [3.63, 3.8) is 0 Å². The first-order valence-electron chi connectivity index (χ1n) is 18.4. The normalized spacial score (nSPS) is 33.9. The highest BCUT2D eigenvalue weighted by Gasteiger charge is 2.75. The molecule has 0 aliphatic heterocycles. The topological polar surface area (TPSA) is 142 Å². The summed E-state index contributed by atoms with van der Waals surface area (Å²) < 4.78 is 28.5. The number of alkyl halides is 3. The van der Waals surface area contributed by atoms with Gasteiger partial charge in [-0.2, -0.15) is 0 Å². The summed E-state index contributed by atoms with van der Waals surface area (Å²) in [5.74, 6) is -2.87. The van der Waals surface area contributed by atoms with E-state index < -0.39 is 82.1 Å². The molecule has 3 fully saturated rings. The fourth-order valence-electron chi connectivity index (χ4n) is 9.78. The van der Waals surface area contributed by atoms with Crippen LogP contribution in [0.1, 0.15) is 72.8 Å². The van der Waals surface area contributed by atoms with Crippen LogP contribution >= 0.6 is 23.2 Å². The number of rotatable bonds is 12.